The van der Waals surface area contributed by atoms with Gasteiger partial charge in [-0.2, -0.15) is 13.2 Å². The molecule has 1 aliphatic rings. The minimum atomic E-state index is -4.64. The first-order valence-electron chi connectivity index (χ1n) is 12.0. The van der Waals surface area contributed by atoms with E-state index in [1.165, 1.54) is 12.1 Å². The highest BCUT2D eigenvalue weighted by Crippen LogP contribution is 2.43. The van der Waals surface area contributed by atoms with Crippen LogP contribution in [0.25, 0.3) is 5.76 Å². The first-order chi connectivity index (χ1) is 18.0. The zero-order valence-electron chi connectivity index (χ0n) is 21.1. The molecule has 0 aromatic heterocycles. The van der Waals surface area contributed by atoms with Crippen LogP contribution < -0.4 is 14.5 Å². The van der Waals surface area contributed by atoms with E-state index < -0.39 is 35.2 Å². The topological polar surface area (TPSA) is 70.1 Å². The Morgan fingerprint density at radius 2 is 1.66 bits per heavy atom. The van der Waals surface area contributed by atoms with Crippen molar-refractivity contribution >= 4 is 28.8 Å². The van der Waals surface area contributed by atoms with Crippen LogP contribution in [0.2, 0.25) is 0 Å². The molecule has 0 spiro atoms. The smallest absolute Gasteiger partial charge is 0.416 e. The van der Waals surface area contributed by atoms with Gasteiger partial charge in [0.05, 0.1) is 23.8 Å². The van der Waals surface area contributed by atoms with Gasteiger partial charge in [0.15, 0.2) is 0 Å². The molecule has 1 aliphatic heterocycles. The number of hydrogen-bond acceptors (Lipinski definition) is 5. The molecular formula is C29H27F3N2O4. The largest absolute Gasteiger partial charge is 0.507 e. The van der Waals surface area contributed by atoms with Gasteiger partial charge in [0.1, 0.15) is 11.5 Å². The van der Waals surface area contributed by atoms with E-state index >= 15 is 0 Å². The summed E-state index contributed by atoms with van der Waals surface area (Å²) in [4.78, 5) is 29.4. The maximum atomic E-state index is 13.5. The predicted molar refractivity (Wildman–Crippen MR) is 139 cm³/mol. The molecule has 0 aliphatic carbocycles. The Hall–Kier alpha value is -4.27. The number of nitrogens with zero attached hydrogens (tertiary/aromatic N) is 2. The van der Waals surface area contributed by atoms with Crippen LogP contribution >= 0.6 is 0 Å². The van der Waals surface area contributed by atoms with Crippen LogP contribution in [0.5, 0.6) is 5.75 Å². The molecule has 1 fully saturated rings. The summed E-state index contributed by atoms with van der Waals surface area (Å²) in [6.45, 7) is 2.48. The number of rotatable bonds is 7. The average molecular weight is 525 g/mol. The predicted octanol–water partition coefficient (Wildman–Crippen LogP) is 6.19. The summed E-state index contributed by atoms with van der Waals surface area (Å²) in [6, 6.07) is 16.4. The number of benzene rings is 3. The van der Waals surface area contributed by atoms with Gasteiger partial charge >= 0.3 is 6.18 Å². The fourth-order valence-electron chi connectivity index (χ4n) is 4.29. The second kappa shape index (κ2) is 10.6. The van der Waals surface area contributed by atoms with Crippen LogP contribution in [0.1, 0.15) is 36.1 Å². The SMILES string of the molecule is CCCOc1ccc(/C(O)=C2\C(=O)C(=O)N(c3cccc(C(F)(F)F)c3)C2c2ccc(N(C)C)cc2)cc1. The molecule has 38 heavy (non-hydrogen) atoms. The first kappa shape index (κ1) is 26.8. The lowest BCUT2D eigenvalue weighted by Gasteiger charge is -2.26. The molecule has 0 saturated carbocycles. The van der Waals surface area contributed by atoms with Crippen LogP contribution in [0.15, 0.2) is 78.4 Å². The lowest BCUT2D eigenvalue weighted by atomic mass is 9.94. The quantitative estimate of drug-likeness (QED) is 0.227. The number of anilines is 2. The lowest BCUT2D eigenvalue weighted by Crippen LogP contribution is -2.29. The van der Waals surface area contributed by atoms with Gasteiger partial charge in [-0.05, 0) is 66.6 Å². The Morgan fingerprint density at radius 3 is 2.24 bits per heavy atom. The summed E-state index contributed by atoms with van der Waals surface area (Å²) in [5.74, 6) is -1.88. The molecule has 1 saturated heterocycles. The number of carbonyl (C=O) groups excluding carboxylic acids is 2. The third-order valence-corrected chi connectivity index (χ3v) is 6.22. The third-order valence-electron chi connectivity index (χ3n) is 6.22. The average Bonchev–Trinajstić information content (AvgIpc) is 3.17. The number of ether oxygens (including phenoxy) is 1. The third kappa shape index (κ3) is 5.22. The molecule has 1 amide bonds. The Balaban J connectivity index is 1.87. The summed E-state index contributed by atoms with van der Waals surface area (Å²) in [7, 11) is 3.69. The molecule has 198 valence electrons. The van der Waals surface area contributed by atoms with Gasteiger partial charge in [0, 0.05) is 31.0 Å². The number of Topliss-reactive ketones (excluding diaryl/α,β-unsaturated/α-hetero) is 1. The maximum absolute atomic E-state index is 13.5. The van der Waals surface area contributed by atoms with E-state index in [9.17, 15) is 27.9 Å². The number of halogens is 3. The summed E-state index contributed by atoms with van der Waals surface area (Å²) >= 11 is 0. The maximum Gasteiger partial charge on any atom is 0.416 e. The first-order valence-corrected chi connectivity index (χ1v) is 12.0. The van der Waals surface area contributed by atoms with Crippen molar-refractivity contribution < 1.29 is 32.6 Å². The van der Waals surface area contributed by atoms with Crippen molar-refractivity contribution in [3.05, 3.63) is 95.1 Å². The Labute approximate surface area is 218 Å². The minimum absolute atomic E-state index is 0.106. The van der Waals surface area contributed by atoms with Crippen molar-refractivity contribution in [3.63, 3.8) is 0 Å². The molecule has 1 N–H and O–H groups in total. The molecular weight excluding hydrogens is 497 g/mol. The number of aliphatic hydroxyl groups excluding tert-OH is 1. The number of ketones is 1. The van der Waals surface area contributed by atoms with E-state index in [1.807, 2.05) is 25.9 Å². The van der Waals surface area contributed by atoms with Crippen LogP contribution in [0.3, 0.4) is 0 Å². The van der Waals surface area contributed by atoms with Gasteiger partial charge in [0.25, 0.3) is 11.7 Å². The van der Waals surface area contributed by atoms with Crippen LogP contribution in [-0.2, 0) is 15.8 Å². The standard InChI is InChI=1S/C29H27F3N2O4/c1-4-16-38-23-14-10-19(11-15-23)26(35)24-25(18-8-12-21(13-9-18)33(2)3)34(28(37)27(24)36)22-7-5-6-20(17-22)29(30,31)32/h5-15,17,25,35H,4,16H2,1-3H3/b26-24+. The fourth-order valence-corrected chi connectivity index (χ4v) is 4.29. The summed E-state index contributed by atoms with van der Waals surface area (Å²) < 4.78 is 46.0. The summed E-state index contributed by atoms with van der Waals surface area (Å²) in [5, 5.41) is 11.2. The Bertz CT molecular complexity index is 1360. The molecule has 1 heterocycles. The molecule has 1 atom stereocenters. The summed E-state index contributed by atoms with van der Waals surface area (Å²) in [6.07, 6.45) is -3.83. The van der Waals surface area contributed by atoms with Gasteiger partial charge < -0.3 is 14.7 Å². The van der Waals surface area contributed by atoms with Gasteiger partial charge in [0.2, 0.25) is 0 Å². The zero-order valence-corrected chi connectivity index (χ0v) is 21.1. The van der Waals surface area contributed by atoms with E-state index in [-0.39, 0.29) is 16.8 Å². The number of alkyl halides is 3. The lowest BCUT2D eigenvalue weighted by molar-refractivity contribution is -0.137. The van der Waals surface area contributed by atoms with Crippen LogP contribution in [0, 0.1) is 0 Å². The molecule has 3 aromatic carbocycles. The van der Waals surface area contributed by atoms with Crippen molar-refractivity contribution in [2.24, 2.45) is 0 Å². The number of carbonyl (C=O) groups is 2. The molecule has 0 bridgehead atoms. The van der Waals surface area contributed by atoms with Gasteiger partial charge in [-0.25, -0.2) is 0 Å². The Kier molecular flexibility index (Phi) is 7.48. The number of hydrogen-bond donors (Lipinski definition) is 1. The molecule has 0 radical (unpaired) electrons. The highest BCUT2D eigenvalue weighted by Gasteiger charge is 2.47. The van der Waals surface area contributed by atoms with E-state index in [2.05, 4.69) is 0 Å². The second-order valence-corrected chi connectivity index (χ2v) is 9.08. The normalized spacial score (nSPS) is 17.1. The van der Waals surface area contributed by atoms with Crippen molar-refractivity contribution in [2.45, 2.75) is 25.6 Å². The van der Waals surface area contributed by atoms with E-state index in [0.29, 0.717) is 17.9 Å². The van der Waals surface area contributed by atoms with Crippen LogP contribution in [-0.4, -0.2) is 37.5 Å². The van der Waals surface area contributed by atoms with E-state index in [0.717, 1.165) is 29.1 Å². The molecule has 3 aromatic rings. The second-order valence-electron chi connectivity index (χ2n) is 9.08. The van der Waals surface area contributed by atoms with Crippen molar-refractivity contribution in [3.8, 4) is 5.75 Å². The molecule has 9 heteroatoms. The van der Waals surface area contributed by atoms with Gasteiger partial charge in [-0.3, -0.25) is 14.5 Å². The van der Waals surface area contributed by atoms with Gasteiger partial charge in [-0.1, -0.05) is 25.1 Å². The fraction of sp³-hybridized carbons (Fsp3) is 0.241. The molecule has 4 rings (SSSR count). The van der Waals surface area contributed by atoms with Crippen molar-refractivity contribution in [2.75, 3.05) is 30.5 Å². The highest BCUT2D eigenvalue weighted by molar-refractivity contribution is 6.51. The zero-order chi connectivity index (χ0) is 27.6. The van der Waals surface area contributed by atoms with E-state index in [1.54, 1.807) is 48.5 Å². The van der Waals surface area contributed by atoms with Crippen molar-refractivity contribution in [1.29, 1.82) is 0 Å². The highest BCUT2D eigenvalue weighted by atomic mass is 19.4. The number of amides is 1. The minimum Gasteiger partial charge on any atom is -0.507 e. The van der Waals surface area contributed by atoms with Crippen LogP contribution in [0.4, 0.5) is 24.5 Å². The molecule has 6 nitrogen and oxygen atoms in total. The monoisotopic (exact) mass is 524 g/mol. The number of aliphatic hydroxyl groups is 1. The van der Waals surface area contributed by atoms with Crippen molar-refractivity contribution in [1.82, 2.24) is 0 Å². The molecule has 1 unspecified atom stereocenters. The Morgan fingerprint density at radius 1 is 1.00 bits per heavy atom. The summed E-state index contributed by atoms with van der Waals surface area (Å²) in [5.41, 5.74) is 0.286. The van der Waals surface area contributed by atoms with E-state index in [4.69, 9.17) is 4.74 Å². The van der Waals surface area contributed by atoms with Gasteiger partial charge in [-0.15, -0.1) is 0 Å².